The highest BCUT2D eigenvalue weighted by Crippen LogP contribution is 2.24. The number of para-hydroxylation sites is 2. The fraction of sp³-hybridized carbons (Fsp3) is 0.611. The van der Waals surface area contributed by atoms with Crippen LogP contribution >= 0.6 is 0 Å². The first-order valence-corrected chi connectivity index (χ1v) is 8.95. The molecule has 0 bridgehead atoms. The minimum absolute atomic E-state index is 0.0433. The van der Waals surface area contributed by atoms with E-state index < -0.39 is 0 Å². The number of nitrogens with zero attached hydrogens (tertiary/aromatic N) is 3. The topological polar surface area (TPSA) is 44.3 Å². The van der Waals surface area contributed by atoms with Crippen LogP contribution in [0.25, 0.3) is 11.0 Å². The number of nitrogens with one attached hydrogen (secondary N) is 1. The zero-order valence-electron chi connectivity index (χ0n) is 13.7. The zero-order valence-corrected chi connectivity index (χ0v) is 13.7. The summed E-state index contributed by atoms with van der Waals surface area (Å²) in [5.74, 6) is 0. The van der Waals surface area contributed by atoms with E-state index in [0.717, 1.165) is 37.0 Å². The number of aromatic amines is 1. The summed E-state index contributed by atoms with van der Waals surface area (Å²) in [5.41, 5.74) is 2.05. The average molecular weight is 314 g/mol. The number of benzene rings is 1. The molecule has 23 heavy (non-hydrogen) atoms. The third-order valence-electron chi connectivity index (χ3n) is 5.48. The Kier molecular flexibility index (Phi) is 4.23. The fourth-order valence-electron chi connectivity index (χ4n) is 4.13. The molecule has 124 valence electrons. The third-order valence-corrected chi connectivity index (χ3v) is 5.48. The second-order valence-electron chi connectivity index (χ2n) is 6.94. The summed E-state index contributed by atoms with van der Waals surface area (Å²) in [6, 6.07) is 8.35. The molecule has 0 unspecified atom stereocenters. The Bertz CT molecular complexity index is 705. The zero-order chi connectivity index (χ0) is 15.6. The lowest BCUT2D eigenvalue weighted by Crippen LogP contribution is -2.40. The van der Waals surface area contributed by atoms with Gasteiger partial charge in [-0.2, -0.15) is 0 Å². The van der Waals surface area contributed by atoms with Crippen molar-refractivity contribution in [2.24, 2.45) is 0 Å². The molecule has 0 aliphatic carbocycles. The number of likely N-dealkylation sites (tertiary alicyclic amines) is 2. The number of piperidine rings is 1. The number of H-pyrrole nitrogens is 1. The number of fused-ring (bicyclic) bond motifs is 1. The van der Waals surface area contributed by atoms with E-state index in [1.165, 1.54) is 39.0 Å². The standard InChI is InChI=1S/C18H26N4O/c23-18-19-16-5-1-2-6-17(16)22(18)15-7-11-21(12-8-15)14-13-20-9-3-4-10-20/h1-2,5-6,15H,3-4,7-14H2,(H,19,23). The van der Waals surface area contributed by atoms with Crippen LogP contribution < -0.4 is 5.69 Å². The van der Waals surface area contributed by atoms with Crippen molar-refractivity contribution >= 4 is 11.0 Å². The molecule has 2 saturated heterocycles. The average Bonchev–Trinajstić information content (AvgIpc) is 3.20. The maximum atomic E-state index is 12.3. The van der Waals surface area contributed by atoms with Crippen molar-refractivity contribution in [1.82, 2.24) is 19.4 Å². The van der Waals surface area contributed by atoms with Crippen LogP contribution in [0.5, 0.6) is 0 Å². The molecule has 3 heterocycles. The van der Waals surface area contributed by atoms with E-state index in [4.69, 9.17) is 0 Å². The van der Waals surface area contributed by atoms with Crippen LogP contribution in [0.4, 0.5) is 0 Å². The Balaban J connectivity index is 1.39. The molecule has 0 saturated carbocycles. The Hall–Kier alpha value is -1.59. The summed E-state index contributed by atoms with van der Waals surface area (Å²) in [7, 11) is 0. The predicted molar refractivity (Wildman–Crippen MR) is 92.9 cm³/mol. The van der Waals surface area contributed by atoms with E-state index in [-0.39, 0.29) is 5.69 Å². The predicted octanol–water partition coefficient (Wildman–Crippen LogP) is 2.06. The molecule has 0 atom stereocenters. The molecule has 2 fully saturated rings. The quantitative estimate of drug-likeness (QED) is 0.939. The van der Waals surface area contributed by atoms with Gasteiger partial charge in [-0.05, 0) is 50.9 Å². The van der Waals surface area contributed by atoms with Gasteiger partial charge in [-0.25, -0.2) is 4.79 Å². The van der Waals surface area contributed by atoms with Crippen molar-refractivity contribution in [3.05, 3.63) is 34.7 Å². The van der Waals surface area contributed by atoms with E-state index in [2.05, 4.69) is 14.8 Å². The van der Waals surface area contributed by atoms with Crippen molar-refractivity contribution in [3.63, 3.8) is 0 Å². The summed E-state index contributed by atoms with van der Waals surface area (Å²) in [5, 5.41) is 0. The molecule has 5 heteroatoms. The normalized spacial score (nSPS) is 21.4. The van der Waals surface area contributed by atoms with E-state index in [0.29, 0.717) is 6.04 Å². The van der Waals surface area contributed by atoms with Crippen molar-refractivity contribution < 1.29 is 0 Å². The third kappa shape index (κ3) is 3.08. The van der Waals surface area contributed by atoms with Gasteiger partial charge < -0.3 is 14.8 Å². The summed E-state index contributed by atoms with van der Waals surface area (Å²) in [6.07, 6.45) is 4.88. The molecule has 1 aromatic heterocycles. The molecule has 1 N–H and O–H groups in total. The summed E-state index contributed by atoms with van der Waals surface area (Å²) < 4.78 is 1.98. The number of imidazole rings is 1. The van der Waals surface area contributed by atoms with Crippen LogP contribution in [0.3, 0.4) is 0 Å². The van der Waals surface area contributed by atoms with Crippen LogP contribution in [-0.4, -0.2) is 58.6 Å². The maximum absolute atomic E-state index is 12.3. The lowest BCUT2D eigenvalue weighted by Gasteiger charge is -2.33. The minimum atomic E-state index is 0.0433. The first kappa shape index (κ1) is 15.0. The number of rotatable bonds is 4. The van der Waals surface area contributed by atoms with Gasteiger partial charge >= 0.3 is 5.69 Å². The molecule has 0 amide bonds. The monoisotopic (exact) mass is 314 g/mol. The lowest BCUT2D eigenvalue weighted by molar-refractivity contribution is 0.166. The van der Waals surface area contributed by atoms with Gasteiger partial charge in [0.05, 0.1) is 11.0 Å². The second kappa shape index (κ2) is 6.49. The largest absolute Gasteiger partial charge is 0.326 e. The van der Waals surface area contributed by atoms with Crippen LogP contribution in [0.15, 0.2) is 29.1 Å². The fourth-order valence-corrected chi connectivity index (χ4v) is 4.13. The second-order valence-corrected chi connectivity index (χ2v) is 6.94. The van der Waals surface area contributed by atoms with Crippen molar-refractivity contribution in [2.45, 2.75) is 31.7 Å². The van der Waals surface area contributed by atoms with Crippen molar-refractivity contribution in [3.8, 4) is 0 Å². The molecule has 4 rings (SSSR count). The smallest absolute Gasteiger partial charge is 0.306 e. The molecule has 2 aromatic rings. The van der Waals surface area contributed by atoms with Crippen molar-refractivity contribution in [2.75, 3.05) is 39.3 Å². The van der Waals surface area contributed by atoms with Crippen LogP contribution in [0, 0.1) is 0 Å². The van der Waals surface area contributed by atoms with E-state index in [1.54, 1.807) is 0 Å². The molecule has 2 aliphatic rings. The molecule has 0 spiro atoms. The number of hydrogen-bond donors (Lipinski definition) is 1. The van der Waals surface area contributed by atoms with Gasteiger partial charge in [0.2, 0.25) is 0 Å². The molecular weight excluding hydrogens is 288 g/mol. The number of hydrogen-bond acceptors (Lipinski definition) is 3. The van der Waals surface area contributed by atoms with Gasteiger partial charge in [-0.1, -0.05) is 12.1 Å². The van der Waals surface area contributed by atoms with E-state index >= 15 is 0 Å². The lowest BCUT2D eigenvalue weighted by atomic mass is 10.0. The van der Waals surface area contributed by atoms with Crippen LogP contribution in [0.1, 0.15) is 31.7 Å². The van der Waals surface area contributed by atoms with Crippen molar-refractivity contribution in [1.29, 1.82) is 0 Å². The Morgan fingerprint density at radius 1 is 0.957 bits per heavy atom. The van der Waals surface area contributed by atoms with Gasteiger partial charge in [0.1, 0.15) is 0 Å². The van der Waals surface area contributed by atoms with Gasteiger partial charge in [0.15, 0.2) is 0 Å². The minimum Gasteiger partial charge on any atom is -0.306 e. The SMILES string of the molecule is O=c1[nH]c2ccccc2n1C1CCN(CCN2CCCC2)CC1. The first-order chi connectivity index (χ1) is 11.3. The van der Waals surface area contributed by atoms with Gasteiger partial charge in [-0.15, -0.1) is 0 Å². The highest BCUT2D eigenvalue weighted by molar-refractivity contribution is 5.75. The van der Waals surface area contributed by atoms with E-state index in [9.17, 15) is 4.79 Å². The van der Waals surface area contributed by atoms with Gasteiger partial charge in [0, 0.05) is 32.2 Å². The van der Waals surface area contributed by atoms with Crippen LogP contribution in [-0.2, 0) is 0 Å². The molecular formula is C18H26N4O. The highest BCUT2D eigenvalue weighted by atomic mass is 16.1. The Labute approximate surface area is 136 Å². The number of aromatic nitrogens is 2. The van der Waals surface area contributed by atoms with E-state index in [1.807, 2.05) is 28.8 Å². The molecule has 1 aromatic carbocycles. The first-order valence-electron chi connectivity index (χ1n) is 8.95. The molecule has 5 nitrogen and oxygen atoms in total. The summed E-state index contributed by atoms with van der Waals surface area (Å²) >= 11 is 0. The molecule has 2 aliphatic heterocycles. The summed E-state index contributed by atoms with van der Waals surface area (Å²) in [6.45, 7) is 7.14. The summed E-state index contributed by atoms with van der Waals surface area (Å²) in [4.78, 5) is 20.4. The molecule has 0 radical (unpaired) electrons. The Morgan fingerprint density at radius 3 is 2.35 bits per heavy atom. The maximum Gasteiger partial charge on any atom is 0.326 e. The Morgan fingerprint density at radius 2 is 1.61 bits per heavy atom. The van der Waals surface area contributed by atoms with Crippen LogP contribution in [0.2, 0.25) is 0 Å². The van der Waals surface area contributed by atoms with Gasteiger partial charge in [-0.3, -0.25) is 4.57 Å². The van der Waals surface area contributed by atoms with Gasteiger partial charge in [0.25, 0.3) is 0 Å². The highest BCUT2D eigenvalue weighted by Gasteiger charge is 2.23.